The summed E-state index contributed by atoms with van der Waals surface area (Å²) < 4.78 is 72.5. The molecule has 3 N–H and O–H groups in total. The number of aliphatic hydroxyl groups is 1. The average Bonchev–Trinajstić information content (AvgIpc) is 4.01. The summed E-state index contributed by atoms with van der Waals surface area (Å²) in [5.41, 5.74) is -2.57. The van der Waals surface area contributed by atoms with Gasteiger partial charge in [-0.1, -0.05) is 51.0 Å². The zero-order chi connectivity index (χ0) is 49.6. The molecule has 4 amide bonds. The molecule has 3 heterocycles. The van der Waals surface area contributed by atoms with E-state index >= 15 is 4.39 Å². The van der Waals surface area contributed by atoms with Crippen molar-refractivity contribution in [2.75, 3.05) is 36.2 Å². The Hall–Kier alpha value is -7.31. The van der Waals surface area contributed by atoms with Crippen molar-refractivity contribution in [1.82, 2.24) is 20.5 Å². The van der Waals surface area contributed by atoms with Crippen molar-refractivity contribution in [3.63, 3.8) is 0 Å². The summed E-state index contributed by atoms with van der Waals surface area (Å²) in [4.78, 5) is 61.1. The number of hydrogen-bond acceptors (Lipinski definition) is 11. The van der Waals surface area contributed by atoms with Gasteiger partial charge in [0.1, 0.15) is 37.4 Å². The van der Waals surface area contributed by atoms with E-state index in [-0.39, 0.29) is 55.0 Å². The van der Waals surface area contributed by atoms with E-state index < -0.39 is 82.5 Å². The molecular weight excluding hydrogens is 911 g/mol. The number of benzene rings is 3. The lowest BCUT2D eigenvalue weighted by Gasteiger charge is -2.35. The van der Waals surface area contributed by atoms with Gasteiger partial charge in [0, 0.05) is 36.8 Å². The highest BCUT2D eigenvalue weighted by molar-refractivity contribution is 7.81. The highest BCUT2D eigenvalue weighted by Gasteiger charge is 2.51. The van der Waals surface area contributed by atoms with Gasteiger partial charge in [0.25, 0.3) is 5.91 Å². The molecule has 3 aromatic carbocycles. The number of β-amino-alcohol motifs (C(OH)–C–C–N with tert-alkyl or cyclic N) is 1. The average molecular weight is 956 g/mol. The van der Waals surface area contributed by atoms with E-state index in [4.69, 9.17) is 26.1 Å². The summed E-state index contributed by atoms with van der Waals surface area (Å²) in [6.45, 7) is 7.35. The van der Waals surface area contributed by atoms with E-state index in [2.05, 4.69) is 39.3 Å². The number of anilines is 2. The number of alkyl halides is 3. The first kappa shape index (κ1) is 50.1. The predicted octanol–water partition coefficient (Wildman–Crippen LogP) is 5.50. The minimum atomic E-state index is -4.87. The second-order valence-electron chi connectivity index (χ2n) is 17.2. The number of nitrogens with zero attached hydrogens (tertiary/aromatic N) is 5. The van der Waals surface area contributed by atoms with Crippen LogP contribution in [0.25, 0.3) is 11.3 Å². The van der Waals surface area contributed by atoms with E-state index in [0.29, 0.717) is 11.8 Å². The number of rotatable bonds is 13. The Labute approximate surface area is 394 Å². The van der Waals surface area contributed by atoms with E-state index in [0.717, 1.165) is 28.2 Å². The number of halogens is 4. The van der Waals surface area contributed by atoms with Gasteiger partial charge < -0.3 is 39.4 Å². The largest absolute Gasteiger partial charge is 0.478 e. The number of carbonyl (C=O) groups is 4. The van der Waals surface area contributed by atoms with Crippen LogP contribution in [0.4, 0.5) is 28.9 Å². The Morgan fingerprint density at radius 3 is 2.35 bits per heavy atom. The summed E-state index contributed by atoms with van der Waals surface area (Å²) in [5.74, 6) is 7.52. The lowest BCUT2D eigenvalue weighted by atomic mass is 9.85. The maximum Gasteiger partial charge on any atom is 0.417 e. The van der Waals surface area contributed by atoms with Crippen LogP contribution in [-0.2, 0) is 36.6 Å². The summed E-state index contributed by atoms with van der Waals surface area (Å²) >= 11 is 5.51. The summed E-state index contributed by atoms with van der Waals surface area (Å²) in [6.07, 6.45) is -2.87. The lowest BCUT2D eigenvalue weighted by Crippen LogP contribution is -2.58. The van der Waals surface area contributed by atoms with E-state index in [1.165, 1.54) is 54.3 Å². The zero-order valence-corrected chi connectivity index (χ0v) is 38.2. The number of aromatic nitrogens is 1. The number of thiocarbonyl (C=S) groups is 1. The number of ether oxygens (including phenoxy) is 2. The number of likely N-dealkylation sites (tertiary alicyclic amines) is 1. The van der Waals surface area contributed by atoms with Gasteiger partial charge in [0.15, 0.2) is 28.8 Å². The van der Waals surface area contributed by atoms with Crippen molar-refractivity contribution >= 4 is 52.3 Å². The predicted molar refractivity (Wildman–Crippen MR) is 242 cm³/mol. The van der Waals surface area contributed by atoms with Crippen LogP contribution in [0.15, 0.2) is 77.7 Å². The normalized spacial score (nSPS) is 17.1. The van der Waals surface area contributed by atoms with Crippen LogP contribution >= 0.6 is 12.2 Å². The van der Waals surface area contributed by atoms with Crippen LogP contribution < -0.4 is 25.2 Å². The van der Waals surface area contributed by atoms with Crippen LogP contribution in [0.2, 0.25) is 0 Å². The van der Waals surface area contributed by atoms with Gasteiger partial charge in [-0.3, -0.25) is 24.1 Å². The Balaban J connectivity index is 0.968. The molecule has 2 fully saturated rings. The highest BCUT2D eigenvalue weighted by Crippen LogP contribution is 2.40. The van der Waals surface area contributed by atoms with Crippen molar-refractivity contribution in [2.24, 2.45) is 5.41 Å². The fraction of sp³-hybridized carbons (Fsp3) is 0.354. The third-order valence-corrected chi connectivity index (χ3v) is 11.3. The lowest BCUT2D eigenvalue weighted by molar-refractivity contribution is -0.144. The summed E-state index contributed by atoms with van der Waals surface area (Å²) in [5, 5.41) is 25.0. The van der Waals surface area contributed by atoms with Gasteiger partial charge in [-0.25, -0.2) is 9.37 Å². The monoisotopic (exact) mass is 955 g/mol. The fourth-order valence-electron chi connectivity index (χ4n) is 7.45. The topological polar surface area (TPSA) is 191 Å². The Bertz CT molecular complexity index is 2750. The molecule has 2 aliphatic rings. The number of hydrogen-bond donors (Lipinski definition) is 3. The van der Waals surface area contributed by atoms with E-state index in [1.807, 2.05) is 24.3 Å². The fourth-order valence-corrected chi connectivity index (χ4v) is 7.97. The van der Waals surface area contributed by atoms with Crippen molar-refractivity contribution in [3.8, 4) is 46.8 Å². The van der Waals surface area contributed by atoms with Crippen LogP contribution in [0, 0.1) is 46.2 Å². The molecule has 0 bridgehead atoms. The number of aliphatic hydroxyl groups excluding tert-OH is 1. The molecule has 3 atom stereocenters. The molecular formula is C48H45F4N7O8S. The molecule has 6 rings (SSSR count). The quantitative estimate of drug-likeness (QED) is 0.0662. The second kappa shape index (κ2) is 20.7. The van der Waals surface area contributed by atoms with Gasteiger partial charge in [0.2, 0.25) is 17.7 Å². The number of nitrogens with one attached hydrogen (secondary N) is 2. The molecule has 354 valence electrons. The SMILES string of the molecule is CC(C)(C)[C@H](NC(=O)COCC#CC#CCOc1ccc(N2C(=S)N(c3ccc(C#N)c(C(F)(F)F)c3)C(=O)C2(C)C)cc1F)C(=O)N1C[C@H](O)C[C@H]1C(=O)NCc1ccc(-c2cnco2)cc1. The first-order valence-electron chi connectivity index (χ1n) is 20.9. The third kappa shape index (κ3) is 11.4. The van der Waals surface area contributed by atoms with Gasteiger partial charge in [-0.15, -0.1) is 0 Å². The van der Waals surface area contributed by atoms with Gasteiger partial charge in [-0.2, -0.15) is 18.4 Å². The number of carbonyl (C=O) groups excluding carboxylic acids is 4. The Morgan fingerprint density at radius 1 is 1.03 bits per heavy atom. The summed E-state index contributed by atoms with van der Waals surface area (Å²) in [6, 6.07) is 13.3. The molecule has 4 aromatic rings. The van der Waals surface area contributed by atoms with Crippen LogP contribution in [-0.4, -0.2) is 93.8 Å². The first-order valence-corrected chi connectivity index (χ1v) is 21.3. The minimum Gasteiger partial charge on any atom is -0.478 e. The standard InChI is InChI=1S/C48H45F4N7O8S/c1-46(2,3)41(43(63)57-26-34(60)22-37(57)42(62)55-24-29-10-12-30(13-11-29)39-25-54-28-67-39)56-40(61)27-65-18-8-6-7-9-19-66-38-17-16-33(21-36(38)49)59-45(68)58(44(64)47(59,4)5)32-15-14-31(23-53)35(20-32)48(50,51)52/h10-17,20-21,25,28,34,37,41,60H,18-19,22,24,26-27H2,1-5H3,(H,55,62)(H,56,61)/t34-,37+,41-/m1/s1. The molecule has 20 heteroatoms. The maximum atomic E-state index is 15.3. The molecule has 0 unspecified atom stereocenters. The zero-order valence-electron chi connectivity index (χ0n) is 37.4. The van der Waals surface area contributed by atoms with Crippen molar-refractivity contribution in [3.05, 3.63) is 95.8 Å². The van der Waals surface area contributed by atoms with Gasteiger partial charge >= 0.3 is 6.18 Å². The number of amides is 4. The third-order valence-electron chi connectivity index (χ3n) is 10.9. The molecule has 0 aliphatic carbocycles. The molecule has 2 saturated heterocycles. The first-order chi connectivity index (χ1) is 32.1. The Morgan fingerprint density at radius 2 is 1.72 bits per heavy atom. The molecule has 15 nitrogen and oxygen atoms in total. The van der Waals surface area contributed by atoms with Crippen LogP contribution in [0.3, 0.4) is 0 Å². The molecule has 0 saturated carbocycles. The van der Waals surface area contributed by atoms with Gasteiger partial charge in [-0.05, 0) is 85.1 Å². The van der Waals surface area contributed by atoms with Crippen molar-refractivity contribution < 1.29 is 55.7 Å². The molecule has 0 spiro atoms. The second-order valence-corrected chi connectivity index (χ2v) is 17.6. The summed E-state index contributed by atoms with van der Waals surface area (Å²) in [7, 11) is 0. The smallest absolute Gasteiger partial charge is 0.417 e. The highest BCUT2D eigenvalue weighted by atomic mass is 32.1. The van der Waals surface area contributed by atoms with E-state index in [1.54, 1.807) is 27.0 Å². The number of nitriles is 1. The van der Waals surface area contributed by atoms with E-state index in [9.17, 15) is 42.7 Å². The molecule has 0 radical (unpaired) electrons. The molecule has 2 aliphatic heterocycles. The molecule has 68 heavy (non-hydrogen) atoms. The van der Waals surface area contributed by atoms with Crippen molar-refractivity contribution in [2.45, 2.75) is 77.5 Å². The minimum absolute atomic E-state index is 0.0250. The number of oxazole rings is 1. The Kier molecular flexibility index (Phi) is 15.2. The van der Waals surface area contributed by atoms with Gasteiger partial charge in [0.05, 0.1) is 35.2 Å². The van der Waals surface area contributed by atoms with Crippen molar-refractivity contribution in [1.29, 1.82) is 5.26 Å². The van der Waals surface area contributed by atoms with Crippen LogP contribution in [0.5, 0.6) is 5.75 Å². The van der Waals surface area contributed by atoms with Crippen LogP contribution in [0.1, 0.15) is 57.7 Å². The molecule has 1 aromatic heterocycles. The maximum absolute atomic E-state index is 15.3.